The molecule has 43 heavy (non-hydrogen) atoms. The van der Waals surface area contributed by atoms with E-state index in [0.717, 1.165) is 33.4 Å². The topological polar surface area (TPSA) is 61.6 Å². The fourth-order valence-corrected chi connectivity index (χ4v) is 7.19. The minimum Gasteiger partial charge on any atom is -0.275 e. The Labute approximate surface area is 253 Å². The van der Waals surface area contributed by atoms with Crippen LogP contribution in [-0.4, -0.2) is 0 Å². The summed E-state index contributed by atoms with van der Waals surface area (Å²) in [6.07, 6.45) is 0. The van der Waals surface area contributed by atoms with Gasteiger partial charge in [0, 0.05) is 0 Å². The van der Waals surface area contributed by atoms with E-state index in [9.17, 15) is 0 Å². The molecule has 0 heterocycles. The average Bonchev–Trinajstić information content (AvgIpc) is 3.08. The van der Waals surface area contributed by atoms with Crippen molar-refractivity contribution in [3.63, 3.8) is 0 Å². The van der Waals surface area contributed by atoms with Gasteiger partial charge in [-0.2, -0.15) is 0 Å². The van der Waals surface area contributed by atoms with Gasteiger partial charge < -0.3 is 0 Å². The summed E-state index contributed by atoms with van der Waals surface area (Å²) in [4.78, 5) is 0. The van der Waals surface area contributed by atoms with Crippen LogP contribution < -0.4 is 5.50 Å². The monoisotopic (exact) mass is 581 g/mol. The van der Waals surface area contributed by atoms with E-state index in [1.807, 2.05) is 182 Å². The van der Waals surface area contributed by atoms with E-state index in [2.05, 4.69) is 0 Å². The first-order chi connectivity index (χ1) is 21.0. The molecule has 0 bridgehead atoms. The van der Waals surface area contributed by atoms with Gasteiger partial charge in [-0.15, -0.1) is 0 Å². The van der Waals surface area contributed by atoms with Crippen LogP contribution >= 0.6 is 7.75 Å². The first kappa shape index (κ1) is 28.5. The maximum atomic E-state index is 15.0. The fourth-order valence-electron chi connectivity index (χ4n) is 5.75. The number of hydrogen-bond donors (Lipinski definition) is 1. The van der Waals surface area contributed by atoms with E-state index in [1.54, 1.807) is 0 Å². The lowest BCUT2D eigenvalue weighted by Crippen LogP contribution is -2.37. The van der Waals surface area contributed by atoms with E-state index in [1.165, 1.54) is 0 Å². The molecule has 0 fully saturated rings. The van der Waals surface area contributed by atoms with Crippen molar-refractivity contribution < 1.29 is 13.6 Å². The maximum absolute atomic E-state index is 15.0. The molecular formula is C38H32NO3P. The zero-order valence-electron chi connectivity index (χ0n) is 23.6. The summed E-state index contributed by atoms with van der Waals surface area (Å²) in [6, 6.07) is 58.3. The van der Waals surface area contributed by atoms with Crippen molar-refractivity contribution in [3.8, 4) is 0 Å². The normalized spacial score (nSPS) is 12.1. The van der Waals surface area contributed by atoms with Crippen molar-refractivity contribution in [3.05, 3.63) is 215 Å². The SMILES string of the molecule is NP(=O)(OC(c1ccccc1)(c1ccccc1)c1ccccc1)OC(c1ccccc1)(c1ccccc1)c1ccccc1. The molecule has 0 saturated heterocycles. The van der Waals surface area contributed by atoms with E-state index >= 15 is 4.57 Å². The Balaban J connectivity index is 1.59. The summed E-state index contributed by atoms with van der Waals surface area (Å²) in [7, 11) is -4.43. The Morgan fingerprint density at radius 1 is 0.349 bits per heavy atom. The molecule has 6 aromatic carbocycles. The Hall–Kier alpha value is -4.57. The van der Waals surface area contributed by atoms with Crippen molar-refractivity contribution in [2.24, 2.45) is 5.50 Å². The molecule has 6 aromatic rings. The van der Waals surface area contributed by atoms with Crippen LogP contribution in [0.15, 0.2) is 182 Å². The molecule has 4 nitrogen and oxygen atoms in total. The second-order valence-corrected chi connectivity index (χ2v) is 11.7. The van der Waals surface area contributed by atoms with Crippen LogP contribution in [0.5, 0.6) is 0 Å². The van der Waals surface area contributed by atoms with Crippen molar-refractivity contribution >= 4 is 7.75 Å². The lowest BCUT2D eigenvalue weighted by Gasteiger charge is -2.41. The Morgan fingerprint density at radius 2 is 0.512 bits per heavy atom. The Bertz CT molecular complexity index is 1460. The number of benzene rings is 6. The third-order valence-corrected chi connectivity index (χ3v) is 8.67. The number of rotatable bonds is 10. The van der Waals surface area contributed by atoms with Gasteiger partial charge in [-0.1, -0.05) is 182 Å². The average molecular weight is 582 g/mol. The van der Waals surface area contributed by atoms with Crippen LogP contribution in [0.1, 0.15) is 33.4 Å². The second kappa shape index (κ2) is 12.3. The van der Waals surface area contributed by atoms with Crippen LogP contribution in [-0.2, 0) is 24.8 Å². The summed E-state index contributed by atoms with van der Waals surface area (Å²) >= 11 is 0. The highest BCUT2D eigenvalue weighted by atomic mass is 31.2. The molecule has 0 aliphatic rings. The quantitative estimate of drug-likeness (QED) is 0.130. The molecule has 6 rings (SSSR count). The maximum Gasteiger partial charge on any atom is 0.405 e. The van der Waals surface area contributed by atoms with Crippen LogP contribution in [0.25, 0.3) is 0 Å². The molecule has 0 unspecified atom stereocenters. The minimum absolute atomic E-state index is 0.770. The molecule has 0 spiro atoms. The van der Waals surface area contributed by atoms with Gasteiger partial charge in [-0.25, -0.2) is 10.1 Å². The summed E-state index contributed by atoms with van der Waals surface area (Å²) in [5.74, 6) is 0. The molecule has 0 atom stereocenters. The molecule has 0 aliphatic heterocycles. The molecule has 0 aliphatic carbocycles. The van der Waals surface area contributed by atoms with Gasteiger partial charge >= 0.3 is 7.75 Å². The molecule has 0 saturated carbocycles. The van der Waals surface area contributed by atoms with Crippen LogP contribution in [0.4, 0.5) is 0 Å². The number of hydrogen-bond acceptors (Lipinski definition) is 3. The van der Waals surface area contributed by atoms with Crippen molar-refractivity contribution in [1.82, 2.24) is 0 Å². The third kappa shape index (κ3) is 5.62. The van der Waals surface area contributed by atoms with Gasteiger partial charge in [0.15, 0.2) is 11.2 Å². The molecule has 212 valence electrons. The zero-order chi connectivity index (χ0) is 29.6. The van der Waals surface area contributed by atoms with Gasteiger partial charge in [0.25, 0.3) is 0 Å². The predicted octanol–water partition coefficient (Wildman–Crippen LogP) is 9.07. The first-order valence-electron chi connectivity index (χ1n) is 14.2. The molecule has 0 aromatic heterocycles. The Morgan fingerprint density at radius 3 is 0.674 bits per heavy atom. The lowest BCUT2D eigenvalue weighted by molar-refractivity contribution is 0.0677. The lowest BCUT2D eigenvalue weighted by atomic mass is 9.80. The molecule has 0 amide bonds. The molecule has 0 radical (unpaired) electrons. The van der Waals surface area contributed by atoms with Crippen molar-refractivity contribution in [1.29, 1.82) is 0 Å². The van der Waals surface area contributed by atoms with Crippen LogP contribution in [0.2, 0.25) is 0 Å². The van der Waals surface area contributed by atoms with Crippen molar-refractivity contribution in [2.75, 3.05) is 0 Å². The summed E-state index contributed by atoms with van der Waals surface area (Å²) in [6.45, 7) is 0. The van der Waals surface area contributed by atoms with Gasteiger partial charge in [0.2, 0.25) is 0 Å². The smallest absolute Gasteiger partial charge is 0.275 e. The van der Waals surface area contributed by atoms with Gasteiger partial charge in [0.1, 0.15) is 0 Å². The Kier molecular flexibility index (Phi) is 8.20. The van der Waals surface area contributed by atoms with Crippen LogP contribution in [0, 0.1) is 0 Å². The highest BCUT2D eigenvalue weighted by molar-refractivity contribution is 7.51. The first-order valence-corrected chi connectivity index (χ1v) is 15.8. The summed E-state index contributed by atoms with van der Waals surface area (Å²) in [5, 5.41) is 0. The molecule has 5 heteroatoms. The van der Waals surface area contributed by atoms with Crippen LogP contribution in [0.3, 0.4) is 0 Å². The van der Waals surface area contributed by atoms with E-state index in [4.69, 9.17) is 14.6 Å². The highest BCUT2D eigenvalue weighted by Gasteiger charge is 2.49. The summed E-state index contributed by atoms with van der Waals surface area (Å²) < 4.78 is 28.6. The summed E-state index contributed by atoms with van der Waals surface area (Å²) in [5.41, 5.74) is 8.76. The zero-order valence-corrected chi connectivity index (χ0v) is 24.5. The fraction of sp³-hybridized carbons (Fsp3) is 0.0526. The molecular weight excluding hydrogens is 549 g/mol. The largest absolute Gasteiger partial charge is 0.405 e. The third-order valence-electron chi connectivity index (χ3n) is 7.61. The van der Waals surface area contributed by atoms with Gasteiger partial charge in [-0.05, 0) is 33.4 Å². The minimum atomic E-state index is -4.43. The van der Waals surface area contributed by atoms with E-state index in [-0.39, 0.29) is 0 Å². The number of nitrogens with two attached hydrogens (primary N) is 1. The standard InChI is InChI=1S/C38H32NO3P/c39-43(40,41-37(31-19-7-1-8-20-31,32-21-9-2-10-22-32)33-23-11-3-12-24-33)42-38(34-25-13-4-14-26-34,35-27-15-5-16-28-35)36-29-17-6-18-30-36/h1-30H,(H2,39,40). The van der Waals surface area contributed by atoms with Gasteiger partial charge in [0.05, 0.1) is 0 Å². The highest BCUT2D eigenvalue weighted by Crippen LogP contribution is 2.58. The second-order valence-electron chi connectivity index (χ2n) is 10.3. The molecule has 2 N–H and O–H groups in total. The predicted molar refractivity (Wildman–Crippen MR) is 172 cm³/mol. The van der Waals surface area contributed by atoms with E-state index in [0.29, 0.717) is 0 Å². The van der Waals surface area contributed by atoms with Gasteiger partial charge in [-0.3, -0.25) is 9.05 Å². The van der Waals surface area contributed by atoms with Crippen molar-refractivity contribution in [2.45, 2.75) is 11.2 Å². The van der Waals surface area contributed by atoms with E-state index < -0.39 is 18.9 Å².